The zero-order valence-corrected chi connectivity index (χ0v) is 10.8. The molecule has 4 nitrogen and oxygen atoms in total. The summed E-state index contributed by atoms with van der Waals surface area (Å²) in [4.78, 5) is 15.6. The van der Waals surface area contributed by atoms with E-state index >= 15 is 0 Å². The molecule has 7 heteroatoms. The van der Waals surface area contributed by atoms with Crippen molar-refractivity contribution in [3.05, 3.63) is 24.0 Å². The molecule has 0 radical (unpaired) electrons. The standard InChI is InChI=1S/C11H8FN3OS2/c12-7-1-2-8-9(5-7)18-11(14-8)15-10(16)6-17-4-3-13/h1-2,5H,4,6H2,(H,14,15,16). The number of hydrogen-bond donors (Lipinski definition) is 1. The highest BCUT2D eigenvalue weighted by Crippen LogP contribution is 2.26. The van der Waals surface area contributed by atoms with Gasteiger partial charge >= 0.3 is 0 Å². The van der Waals surface area contributed by atoms with Crippen molar-refractivity contribution in [3.63, 3.8) is 0 Å². The van der Waals surface area contributed by atoms with Crippen LogP contribution in [0.25, 0.3) is 10.2 Å². The molecule has 1 aromatic carbocycles. The van der Waals surface area contributed by atoms with Gasteiger partial charge in [-0.3, -0.25) is 4.79 Å². The quantitative estimate of drug-likeness (QED) is 0.875. The minimum absolute atomic E-state index is 0.206. The highest BCUT2D eigenvalue weighted by molar-refractivity contribution is 8.00. The smallest absolute Gasteiger partial charge is 0.236 e. The van der Waals surface area contributed by atoms with Crippen LogP contribution < -0.4 is 5.32 Å². The number of carbonyl (C=O) groups excluding carboxylic acids is 1. The van der Waals surface area contributed by atoms with Crippen LogP contribution in [-0.2, 0) is 4.79 Å². The second kappa shape index (κ2) is 5.80. The molecule has 0 spiro atoms. The maximum absolute atomic E-state index is 13.0. The van der Waals surface area contributed by atoms with Crippen LogP contribution in [0.3, 0.4) is 0 Å². The van der Waals surface area contributed by atoms with Gasteiger partial charge in [-0.2, -0.15) is 5.26 Å². The number of halogens is 1. The van der Waals surface area contributed by atoms with E-state index in [0.29, 0.717) is 15.3 Å². The maximum atomic E-state index is 13.0. The Kier molecular flexibility index (Phi) is 4.12. The average Bonchev–Trinajstić information content (AvgIpc) is 2.70. The van der Waals surface area contributed by atoms with Gasteiger partial charge in [0.25, 0.3) is 0 Å². The number of anilines is 1. The van der Waals surface area contributed by atoms with Crippen molar-refractivity contribution in [1.82, 2.24) is 4.98 Å². The molecule has 18 heavy (non-hydrogen) atoms. The Morgan fingerprint density at radius 1 is 1.61 bits per heavy atom. The van der Waals surface area contributed by atoms with E-state index in [1.807, 2.05) is 6.07 Å². The summed E-state index contributed by atoms with van der Waals surface area (Å²) in [5, 5.41) is 11.4. The molecule has 0 unspecified atom stereocenters. The van der Waals surface area contributed by atoms with Gasteiger partial charge in [0.05, 0.1) is 27.8 Å². The van der Waals surface area contributed by atoms with Gasteiger partial charge < -0.3 is 5.32 Å². The van der Waals surface area contributed by atoms with E-state index in [0.717, 1.165) is 0 Å². The minimum Gasteiger partial charge on any atom is -0.301 e. The summed E-state index contributed by atoms with van der Waals surface area (Å²) in [6.45, 7) is 0. The van der Waals surface area contributed by atoms with Crippen molar-refractivity contribution in [2.45, 2.75) is 0 Å². The molecule has 0 aliphatic rings. The van der Waals surface area contributed by atoms with Gasteiger partial charge in [-0.25, -0.2) is 9.37 Å². The van der Waals surface area contributed by atoms with Crippen LogP contribution in [0.1, 0.15) is 0 Å². The molecule has 92 valence electrons. The van der Waals surface area contributed by atoms with Crippen molar-refractivity contribution in [3.8, 4) is 6.07 Å². The van der Waals surface area contributed by atoms with Crippen LogP contribution >= 0.6 is 23.1 Å². The second-order valence-electron chi connectivity index (χ2n) is 3.33. The molecule has 0 saturated carbocycles. The van der Waals surface area contributed by atoms with Crippen molar-refractivity contribution < 1.29 is 9.18 Å². The summed E-state index contributed by atoms with van der Waals surface area (Å²) in [5.74, 6) is -0.0561. The Morgan fingerprint density at radius 3 is 3.22 bits per heavy atom. The maximum Gasteiger partial charge on any atom is 0.236 e. The molecule has 2 aromatic rings. The third-order valence-electron chi connectivity index (χ3n) is 2.00. The highest BCUT2D eigenvalue weighted by Gasteiger charge is 2.08. The molecule has 0 aliphatic carbocycles. The van der Waals surface area contributed by atoms with E-state index in [4.69, 9.17) is 5.26 Å². The number of nitrogens with one attached hydrogen (secondary N) is 1. The van der Waals surface area contributed by atoms with E-state index in [1.54, 1.807) is 6.07 Å². The van der Waals surface area contributed by atoms with Crippen LogP contribution in [-0.4, -0.2) is 22.4 Å². The van der Waals surface area contributed by atoms with E-state index in [2.05, 4.69) is 10.3 Å². The van der Waals surface area contributed by atoms with E-state index in [1.165, 1.54) is 35.2 Å². The van der Waals surface area contributed by atoms with Crippen molar-refractivity contribution in [1.29, 1.82) is 5.26 Å². The first-order valence-corrected chi connectivity index (χ1v) is 6.97. The normalized spacial score (nSPS) is 10.2. The van der Waals surface area contributed by atoms with E-state index in [9.17, 15) is 9.18 Å². The number of nitriles is 1. The van der Waals surface area contributed by atoms with Crippen LogP contribution in [0.5, 0.6) is 0 Å². The van der Waals surface area contributed by atoms with Crippen LogP contribution in [0, 0.1) is 17.1 Å². The average molecular weight is 281 g/mol. The number of aromatic nitrogens is 1. The van der Waals surface area contributed by atoms with Crippen LogP contribution in [0.4, 0.5) is 9.52 Å². The topological polar surface area (TPSA) is 65.8 Å². The Hall–Kier alpha value is -1.65. The molecule has 0 aliphatic heterocycles. The molecule has 1 aromatic heterocycles. The monoisotopic (exact) mass is 281 g/mol. The third-order valence-corrected chi connectivity index (χ3v) is 3.73. The number of rotatable bonds is 4. The number of amides is 1. The fourth-order valence-corrected chi connectivity index (χ4v) is 2.65. The highest BCUT2D eigenvalue weighted by atomic mass is 32.2. The van der Waals surface area contributed by atoms with Crippen molar-refractivity contribution in [2.24, 2.45) is 0 Å². The van der Waals surface area contributed by atoms with Crippen LogP contribution in [0.15, 0.2) is 18.2 Å². The summed E-state index contributed by atoms with van der Waals surface area (Å²) >= 11 is 2.46. The summed E-state index contributed by atoms with van der Waals surface area (Å²) < 4.78 is 13.7. The SMILES string of the molecule is N#CCSCC(=O)Nc1nc2ccc(F)cc2s1. The van der Waals surface area contributed by atoms with Crippen molar-refractivity contribution >= 4 is 44.4 Å². The molecule has 0 bridgehead atoms. The third kappa shape index (κ3) is 3.18. The predicted octanol–water partition coefficient (Wildman–Crippen LogP) is 2.63. The molecular formula is C11H8FN3OS2. The first-order valence-electron chi connectivity index (χ1n) is 4.99. The number of fused-ring (bicyclic) bond motifs is 1. The first kappa shape index (κ1) is 12.8. The Balaban J connectivity index is 2.03. The lowest BCUT2D eigenvalue weighted by molar-refractivity contribution is -0.113. The van der Waals surface area contributed by atoms with Gasteiger partial charge in [0.1, 0.15) is 5.82 Å². The summed E-state index contributed by atoms with van der Waals surface area (Å²) in [6.07, 6.45) is 0. The molecule has 0 fully saturated rings. The lowest BCUT2D eigenvalue weighted by Gasteiger charge is -1.98. The zero-order valence-electron chi connectivity index (χ0n) is 9.14. The van der Waals surface area contributed by atoms with E-state index in [-0.39, 0.29) is 23.2 Å². The fraction of sp³-hybridized carbons (Fsp3) is 0.182. The molecule has 1 heterocycles. The fourth-order valence-electron chi connectivity index (χ4n) is 1.30. The minimum atomic E-state index is -0.325. The largest absolute Gasteiger partial charge is 0.301 e. The second-order valence-corrected chi connectivity index (χ2v) is 5.35. The van der Waals surface area contributed by atoms with Gasteiger partial charge in [0.2, 0.25) is 5.91 Å². The van der Waals surface area contributed by atoms with Gasteiger partial charge in [0, 0.05) is 0 Å². The molecule has 0 atom stereocenters. The summed E-state index contributed by atoms with van der Waals surface area (Å²) in [6, 6.07) is 6.23. The Morgan fingerprint density at radius 2 is 2.44 bits per heavy atom. The number of hydrogen-bond acceptors (Lipinski definition) is 5. The molecular weight excluding hydrogens is 273 g/mol. The van der Waals surface area contributed by atoms with Gasteiger partial charge in [0.15, 0.2) is 5.13 Å². The predicted molar refractivity (Wildman–Crippen MR) is 71.1 cm³/mol. The Labute approximate surface area is 111 Å². The first-order chi connectivity index (χ1) is 8.69. The molecule has 1 amide bonds. The summed E-state index contributed by atoms with van der Waals surface area (Å²) in [7, 11) is 0. The number of thioether (sulfide) groups is 1. The lowest BCUT2D eigenvalue weighted by Crippen LogP contribution is -2.13. The van der Waals surface area contributed by atoms with Crippen molar-refractivity contribution in [2.75, 3.05) is 16.8 Å². The molecule has 1 N–H and O–H groups in total. The number of carbonyl (C=O) groups is 1. The number of thiazole rings is 1. The van der Waals surface area contributed by atoms with Crippen LogP contribution in [0.2, 0.25) is 0 Å². The summed E-state index contributed by atoms with van der Waals surface area (Å²) in [5.41, 5.74) is 0.654. The zero-order chi connectivity index (χ0) is 13.0. The molecule has 0 saturated heterocycles. The van der Waals surface area contributed by atoms with Gasteiger partial charge in [-0.1, -0.05) is 11.3 Å². The number of nitrogens with zero attached hydrogens (tertiary/aromatic N) is 2. The molecule has 2 rings (SSSR count). The number of benzene rings is 1. The van der Waals surface area contributed by atoms with Gasteiger partial charge in [-0.05, 0) is 18.2 Å². The van der Waals surface area contributed by atoms with Gasteiger partial charge in [-0.15, -0.1) is 11.8 Å². The lowest BCUT2D eigenvalue weighted by atomic mass is 10.3. The van der Waals surface area contributed by atoms with E-state index < -0.39 is 0 Å². The Bertz CT molecular complexity index is 620.